The zero-order valence-electron chi connectivity index (χ0n) is 15.0. The standard InChI is InChI=1S/C20H18ClN5O/c1-13-8-20(22-14(2)27)24-25(13)12-18-10-16(21)9-17-11-19(23-26(17)18)15-6-4-3-5-7-15/h3-11H,12H2,1-2H3,(H,22,24,27). The van der Waals surface area contributed by atoms with Gasteiger partial charge in [0.05, 0.1) is 23.4 Å². The molecule has 0 bridgehead atoms. The Morgan fingerprint density at radius 2 is 1.89 bits per heavy atom. The molecule has 0 spiro atoms. The summed E-state index contributed by atoms with van der Waals surface area (Å²) >= 11 is 6.33. The van der Waals surface area contributed by atoms with Crippen LogP contribution in [0.15, 0.2) is 54.6 Å². The normalized spacial score (nSPS) is 11.1. The summed E-state index contributed by atoms with van der Waals surface area (Å²) in [6, 6.07) is 17.6. The number of fused-ring (bicyclic) bond motifs is 1. The van der Waals surface area contributed by atoms with Crippen molar-refractivity contribution in [3.05, 3.63) is 71.0 Å². The lowest BCUT2D eigenvalue weighted by Gasteiger charge is -2.08. The molecule has 4 rings (SSSR count). The number of aromatic nitrogens is 4. The third-order valence-electron chi connectivity index (χ3n) is 4.27. The molecule has 4 aromatic rings. The van der Waals surface area contributed by atoms with Crippen LogP contribution in [-0.2, 0) is 11.3 Å². The van der Waals surface area contributed by atoms with E-state index in [2.05, 4.69) is 10.4 Å². The number of nitrogens with one attached hydrogen (secondary N) is 1. The number of benzene rings is 1. The highest BCUT2D eigenvalue weighted by Gasteiger charge is 2.12. The van der Waals surface area contributed by atoms with Crippen molar-refractivity contribution in [2.45, 2.75) is 20.4 Å². The van der Waals surface area contributed by atoms with Gasteiger partial charge in [-0.2, -0.15) is 10.2 Å². The molecule has 1 N–H and O–H groups in total. The molecule has 0 saturated carbocycles. The zero-order chi connectivity index (χ0) is 19.0. The van der Waals surface area contributed by atoms with Crippen molar-refractivity contribution in [2.75, 3.05) is 5.32 Å². The summed E-state index contributed by atoms with van der Waals surface area (Å²) in [4.78, 5) is 11.3. The number of nitrogens with zero attached hydrogens (tertiary/aromatic N) is 4. The second-order valence-electron chi connectivity index (χ2n) is 6.41. The molecule has 0 atom stereocenters. The van der Waals surface area contributed by atoms with Crippen LogP contribution in [0, 0.1) is 6.92 Å². The predicted molar refractivity (Wildman–Crippen MR) is 106 cm³/mol. The van der Waals surface area contributed by atoms with Crippen molar-refractivity contribution in [1.82, 2.24) is 19.4 Å². The Morgan fingerprint density at radius 1 is 1.11 bits per heavy atom. The van der Waals surface area contributed by atoms with E-state index < -0.39 is 0 Å². The van der Waals surface area contributed by atoms with Gasteiger partial charge >= 0.3 is 0 Å². The van der Waals surface area contributed by atoms with Crippen LogP contribution in [0.3, 0.4) is 0 Å². The lowest BCUT2D eigenvalue weighted by molar-refractivity contribution is -0.114. The molecular weight excluding hydrogens is 362 g/mol. The fourth-order valence-corrected chi connectivity index (χ4v) is 3.30. The summed E-state index contributed by atoms with van der Waals surface area (Å²) in [5, 5.41) is 12.5. The number of carbonyl (C=O) groups is 1. The molecule has 0 fully saturated rings. The van der Waals surface area contributed by atoms with Gasteiger partial charge in [0.15, 0.2) is 5.82 Å². The molecule has 3 aromatic heterocycles. The first-order chi connectivity index (χ1) is 13.0. The number of pyridine rings is 1. The lowest BCUT2D eigenvalue weighted by atomic mass is 10.1. The van der Waals surface area contributed by atoms with Crippen LogP contribution in [0.2, 0.25) is 5.02 Å². The summed E-state index contributed by atoms with van der Waals surface area (Å²) in [5.41, 5.74) is 4.69. The highest BCUT2D eigenvalue weighted by atomic mass is 35.5. The quantitative estimate of drug-likeness (QED) is 0.579. The average molecular weight is 380 g/mol. The van der Waals surface area contributed by atoms with E-state index in [1.807, 2.05) is 70.7 Å². The molecule has 0 unspecified atom stereocenters. The highest BCUT2D eigenvalue weighted by molar-refractivity contribution is 6.31. The monoisotopic (exact) mass is 379 g/mol. The molecule has 136 valence electrons. The molecule has 27 heavy (non-hydrogen) atoms. The highest BCUT2D eigenvalue weighted by Crippen LogP contribution is 2.24. The molecule has 0 aliphatic heterocycles. The molecule has 7 heteroatoms. The Kier molecular flexibility index (Phi) is 4.41. The predicted octanol–water partition coefficient (Wildman–Crippen LogP) is 4.17. The summed E-state index contributed by atoms with van der Waals surface area (Å²) in [7, 11) is 0. The second-order valence-corrected chi connectivity index (χ2v) is 6.84. The van der Waals surface area contributed by atoms with Gasteiger partial charge in [-0.15, -0.1) is 0 Å². The third kappa shape index (κ3) is 3.57. The van der Waals surface area contributed by atoms with E-state index in [1.54, 1.807) is 0 Å². The van der Waals surface area contributed by atoms with Gasteiger partial charge in [0.25, 0.3) is 0 Å². The minimum absolute atomic E-state index is 0.149. The minimum Gasteiger partial charge on any atom is -0.309 e. The largest absolute Gasteiger partial charge is 0.309 e. The molecular formula is C20H18ClN5O. The third-order valence-corrected chi connectivity index (χ3v) is 4.48. The van der Waals surface area contributed by atoms with Crippen molar-refractivity contribution in [3.63, 3.8) is 0 Å². The van der Waals surface area contributed by atoms with Gasteiger partial charge in [-0.1, -0.05) is 41.9 Å². The Balaban J connectivity index is 1.74. The van der Waals surface area contributed by atoms with Crippen LogP contribution in [0.5, 0.6) is 0 Å². The minimum atomic E-state index is -0.149. The number of aryl methyl sites for hydroxylation is 1. The number of carbonyl (C=O) groups excluding carboxylic acids is 1. The van der Waals surface area contributed by atoms with Crippen LogP contribution in [0.1, 0.15) is 18.3 Å². The Bertz CT molecular complexity index is 1130. The molecule has 0 aliphatic carbocycles. The van der Waals surface area contributed by atoms with E-state index in [0.717, 1.165) is 28.2 Å². The SMILES string of the molecule is CC(=O)Nc1cc(C)n(Cc2cc(Cl)cc3cc(-c4ccccc4)nn23)n1. The number of rotatable bonds is 4. The number of hydrogen-bond acceptors (Lipinski definition) is 3. The van der Waals surface area contributed by atoms with Crippen LogP contribution in [0.25, 0.3) is 16.8 Å². The van der Waals surface area contributed by atoms with Gasteiger partial charge < -0.3 is 5.32 Å². The maximum absolute atomic E-state index is 11.3. The number of anilines is 1. The van der Waals surface area contributed by atoms with E-state index in [1.165, 1.54) is 6.92 Å². The molecule has 1 amide bonds. The Hall–Kier alpha value is -3.12. The summed E-state index contributed by atoms with van der Waals surface area (Å²) < 4.78 is 3.70. The number of halogens is 1. The molecule has 0 aliphatic rings. The molecule has 6 nitrogen and oxygen atoms in total. The average Bonchev–Trinajstić information content (AvgIpc) is 3.19. The van der Waals surface area contributed by atoms with Crippen molar-refractivity contribution >= 4 is 28.8 Å². The van der Waals surface area contributed by atoms with E-state index in [9.17, 15) is 4.79 Å². The van der Waals surface area contributed by atoms with Crippen molar-refractivity contribution in [2.24, 2.45) is 0 Å². The van der Waals surface area contributed by atoms with E-state index in [-0.39, 0.29) is 5.91 Å². The molecule has 0 radical (unpaired) electrons. The van der Waals surface area contributed by atoms with Gasteiger partial charge in [0.1, 0.15) is 0 Å². The van der Waals surface area contributed by atoms with Gasteiger partial charge in [-0.3, -0.25) is 9.48 Å². The molecule has 1 aromatic carbocycles. The van der Waals surface area contributed by atoms with Crippen LogP contribution >= 0.6 is 11.6 Å². The first kappa shape index (κ1) is 17.3. The number of amides is 1. The fraction of sp³-hybridized carbons (Fsp3) is 0.150. The Labute approximate surface area is 161 Å². The van der Waals surface area contributed by atoms with Crippen molar-refractivity contribution < 1.29 is 4.79 Å². The van der Waals surface area contributed by atoms with Crippen LogP contribution in [0.4, 0.5) is 5.82 Å². The first-order valence-electron chi connectivity index (χ1n) is 8.55. The smallest absolute Gasteiger partial charge is 0.222 e. The summed E-state index contributed by atoms with van der Waals surface area (Å²) in [6.07, 6.45) is 0. The number of hydrogen-bond donors (Lipinski definition) is 1. The first-order valence-corrected chi connectivity index (χ1v) is 8.93. The topological polar surface area (TPSA) is 64.2 Å². The maximum Gasteiger partial charge on any atom is 0.222 e. The van der Waals surface area contributed by atoms with Crippen LogP contribution in [-0.4, -0.2) is 25.3 Å². The van der Waals surface area contributed by atoms with Crippen LogP contribution < -0.4 is 5.32 Å². The second kappa shape index (κ2) is 6.89. The van der Waals surface area contributed by atoms with Gasteiger partial charge in [-0.25, -0.2) is 4.52 Å². The Morgan fingerprint density at radius 3 is 2.63 bits per heavy atom. The van der Waals surface area contributed by atoms with Gasteiger partial charge in [-0.05, 0) is 25.1 Å². The fourth-order valence-electron chi connectivity index (χ4n) is 3.06. The maximum atomic E-state index is 11.3. The lowest BCUT2D eigenvalue weighted by Crippen LogP contribution is -2.10. The van der Waals surface area contributed by atoms with Crippen molar-refractivity contribution in [1.29, 1.82) is 0 Å². The molecule has 0 saturated heterocycles. The molecule has 3 heterocycles. The van der Waals surface area contributed by atoms with E-state index in [0.29, 0.717) is 17.4 Å². The van der Waals surface area contributed by atoms with Crippen molar-refractivity contribution in [3.8, 4) is 11.3 Å². The van der Waals surface area contributed by atoms with E-state index in [4.69, 9.17) is 16.7 Å². The van der Waals surface area contributed by atoms with E-state index >= 15 is 0 Å². The van der Waals surface area contributed by atoms with Gasteiger partial charge in [0.2, 0.25) is 5.91 Å². The van der Waals surface area contributed by atoms with Gasteiger partial charge in [0, 0.05) is 29.3 Å². The zero-order valence-corrected chi connectivity index (χ0v) is 15.7. The summed E-state index contributed by atoms with van der Waals surface area (Å²) in [6.45, 7) is 3.89. The summed E-state index contributed by atoms with van der Waals surface area (Å²) in [5.74, 6) is 0.382.